The number of aliphatic hydroxyl groups excluding tert-OH is 1. The Bertz CT molecular complexity index is 1940. The van der Waals surface area contributed by atoms with Gasteiger partial charge >= 0.3 is 0 Å². The number of aromatic nitrogens is 4. The van der Waals surface area contributed by atoms with Crippen LogP contribution in [0.4, 0.5) is 8.78 Å². The first kappa shape index (κ1) is 30.9. The number of aliphatic hydroxyl groups is 1. The highest BCUT2D eigenvalue weighted by Gasteiger charge is 2.25. The molecule has 0 spiro atoms. The summed E-state index contributed by atoms with van der Waals surface area (Å²) in [6.07, 6.45) is 3.10. The molecule has 0 fully saturated rings. The lowest BCUT2D eigenvalue weighted by Gasteiger charge is -2.17. The highest BCUT2D eigenvalue weighted by Crippen LogP contribution is 2.37. The van der Waals surface area contributed by atoms with Crippen molar-refractivity contribution in [3.8, 4) is 22.9 Å². The summed E-state index contributed by atoms with van der Waals surface area (Å²) in [5, 5.41) is 14.5. The number of nitrogens with one attached hydrogen (secondary N) is 1. The first-order chi connectivity index (χ1) is 21.7. The lowest BCUT2D eigenvalue weighted by Crippen LogP contribution is -2.15. The van der Waals surface area contributed by atoms with Crippen LogP contribution in [0.2, 0.25) is 0 Å². The molecule has 0 radical (unpaired) electrons. The number of sulfone groups is 1. The average Bonchev–Trinajstić information content (AvgIpc) is 3.64. The molecule has 4 bridgehead atoms. The maximum atomic E-state index is 15.5. The van der Waals surface area contributed by atoms with Crippen molar-refractivity contribution in [1.29, 1.82) is 0 Å². The van der Waals surface area contributed by atoms with Crippen LogP contribution in [0.15, 0.2) is 60.8 Å². The molecule has 0 amide bonds. The Hall–Kier alpha value is -4.13. The maximum Gasteiger partial charge on any atom is 0.184 e. The van der Waals surface area contributed by atoms with E-state index in [-0.39, 0.29) is 54.0 Å². The standard InChI is InChI=1S/C33H34F2N4O5S/c1-39-33-26-19-23(9-10-27(26)34)44-31-25(24-11-13-36-29(24)20-28(31)35)12-17-45(41,42)16-3-2-15-43-30(32(37-33)38-39)22-8-4-6-21(18-22)7-5-14-40/h4,6,8-11,13,18-20,30,36,40H,2-3,5,7,12,14-17H2,1H3. The second-order valence-corrected chi connectivity index (χ2v) is 13.5. The number of halogens is 2. The van der Waals surface area contributed by atoms with Crippen LogP contribution in [-0.4, -0.2) is 58.0 Å². The fourth-order valence-electron chi connectivity index (χ4n) is 5.69. The molecule has 2 aromatic heterocycles. The van der Waals surface area contributed by atoms with E-state index in [0.29, 0.717) is 48.0 Å². The van der Waals surface area contributed by atoms with E-state index in [1.54, 1.807) is 19.3 Å². The zero-order valence-corrected chi connectivity index (χ0v) is 25.6. The SMILES string of the molecule is Cn1nc2nc1-c1cc(ccc1F)Oc1c(F)cc3[nH]ccc3c1CCS(=O)(=O)CCCCOC2c1cccc(CCCO)c1. The molecule has 0 aliphatic carbocycles. The van der Waals surface area contributed by atoms with Gasteiger partial charge in [-0.15, -0.1) is 0 Å². The van der Waals surface area contributed by atoms with Crippen LogP contribution in [0.5, 0.6) is 11.5 Å². The van der Waals surface area contributed by atoms with E-state index in [4.69, 9.17) is 14.5 Å². The van der Waals surface area contributed by atoms with Crippen LogP contribution in [-0.2, 0) is 34.5 Å². The van der Waals surface area contributed by atoms with Crippen molar-refractivity contribution in [1.82, 2.24) is 19.7 Å². The van der Waals surface area contributed by atoms with Crippen LogP contribution in [0.3, 0.4) is 0 Å². The highest BCUT2D eigenvalue weighted by molar-refractivity contribution is 7.91. The van der Waals surface area contributed by atoms with E-state index in [1.165, 1.54) is 28.9 Å². The fourth-order valence-corrected chi connectivity index (χ4v) is 7.05. The summed E-state index contributed by atoms with van der Waals surface area (Å²) in [5.41, 5.74) is 2.82. The number of hydrogen-bond acceptors (Lipinski definition) is 7. The summed E-state index contributed by atoms with van der Waals surface area (Å²) < 4.78 is 70.8. The number of hydrogen-bond donors (Lipinski definition) is 2. The molecule has 1 aliphatic rings. The van der Waals surface area contributed by atoms with E-state index in [0.717, 1.165) is 11.1 Å². The van der Waals surface area contributed by atoms with Gasteiger partial charge in [0.25, 0.3) is 0 Å². The lowest BCUT2D eigenvalue weighted by atomic mass is 10.0. The minimum atomic E-state index is -3.49. The van der Waals surface area contributed by atoms with Crippen molar-refractivity contribution in [2.24, 2.45) is 7.05 Å². The third kappa shape index (κ3) is 6.77. The van der Waals surface area contributed by atoms with Crippen LogP contribution in [0.25, 0.3) is 22.3 Å². The summed E-state index contributed by atoms with van der Waals surface area (Å²) in [5.74, 6) is -0.903. The topological polar surface area (TPSA) is 119 Å². The number of benzene rings is 3. The Morgan fingerprint density at radius 1 is 1.07 bits per heavy atom. The fraction of sp³-hybridized carbons (Fsp3) is 0.333. The number of fused-ring (bicyclic) bond motifs is 8. The van der Waals surface area contributed by atoms with Crippen molar-refractivity contribution in [3.05, 3.63) is 94.9 Å². The predicted molar refractivity (Wildman–Crippen MR) is 166 cm³/mol. The molecule has 1 aliphatic heterocycles. The van der Waals surface area contributed by atoms with Gasteiger partial charge in [-0.05, 0) is 67.5 Å². The number of aryl methyl sites for hydroxylation is 3. The molecule has 3 heterocycles. The summed E-state index contributed by atoms with van der Waals surface area (Å²) in [7, 11) is -1.84. The molecule has 2 N–H and O–H groups in total. The van der Waals surface area contributed by atoms with Crippen LogP contribution in [0, 0.1) is 11.6 Å². The second-order valence-electron chi connectivity index (χ2n) is 11.2. The second kappa shape index (κ2) is 13.1. The molecule has 236 valence electrons. The first-order valence-electron chi connectivity index (χ1n) is 14.9. The lowest BCUT2D eigenvalue weighted by molar-refractivity contribution is 0.0721. The van der Waals surface area contributed by atoms with Crippen molar-refractivity contribution in [2.45, 2.75) is 38.2 Å². The van der Waals surface area contributed by atoms with Gasteiger partial charge in [-0.25, -0.2) is 26.9 Å². The summed E-state index contributed by atoms with van der Waals surface area (Å²) in [6, 6.07) is 14.8. The molecular formula is C33H34F2N4O5S. The number of ether oxygens (including phenoxy) is 2. The van der Waals surface area contributed by atoms with Gasteiger partial charge in [0, 0.05) is 49.0 Å². The Labute approximate surface area is 259 Å². The molecule has 0 saturated carbocycles. The monoisotopic (exact) mass is 636 g/mol. The third-order valence-electron chi connectivity index (χ3n) is 7.95. The largest absolute Gasteiger partial charge is 0.454 e. The Balaban J connectivity index is 1.44. The molecule has 6 rings (SSSR count). The molecule has 3 aromatic carbocycles. The van der Waals surface area contributed by atoms with Crippen molar-refractivity contribution >= 4 is 20.7 Å². The van der Waals surface area contributed by atoms with Gasteiger partial charge in [0.15, 0.2) is 33.1 Å². The average molecular weight is 637 g/mol. The molecular weight excluding hydrogens is 602 g/mol. The molecule has 1 atom stereocenters. The van der Waals surface area contributed by atoms with E-state index >= 15 is 8.78 Å². The Morgan fingerprint density at radius 2 is 1.93 bits per heavy atom. The summed E-state index contributed by atoms with van der Waals surface area (Å²) in [4.78, 5) is 7.67. The van der Waals surface area contributed by atoms with Gasteiger partial charge in [-0.3, -0.25) is 0 Å². The summed E-state index contributed by atoms with van der Waals surface area (Å²) >= 11 is 0. The molecule has 9 nitrogen and oxygen atoms in total. The van der Waals surface area contributed by atoms with Gasteiger partial charge in [0.2, 0.25) is 0 Å². The molecule has 5 aromatic rings. The van der Waals surface area contributed by atoms with Gasteiger partial charge in [-0.1, -0.05) is 24.3 Å². The van der Waals surface area contributed by atoms with E-state index in [9.17, 15) is 13.5 Å². The summed E-state index contributed by atoms with van der Waals surface area (Å²) in [6.45, 7) is 0.311. The molecule has 1 unspecified atom stereocenters. The van der Waals surface area contributed by atoms with Crippen molar-refractivity contribution in [3.63, 3.8) is 0 Å². The predicted octanol–water partition coefficient (Wildman–Crippen LogP) is 5.82. The van der Waals surface area contributed by atoms with Crippen LogP contribution >= 0.6 is 0 Å². The third-order valence-corrected chi connectivity index (χ3v) is 9.69. The van der Waals surface area contributed by atoms with E-state index in [2.05, 4.69) is 10.1 Å². The quantitative estimate of drug-likeness (QED) is 0.255. The van der Waals surface area contributed by atoms with Gasteiger partial charge in [0.05, 0.1) is 17.1 Å². The van der Waals surface area contributed by atoms with Gasteiger partial charge in [0.1, 0.15) is 17.7 Å². The highest BCUT2D eigenvalue weighted by atomic mass is 32.2. The minimum absolute atomic E-state index is 0.0374. The zero-order valence-electron chi connectivity index (χ0n) is 24.8. The number of aromatic amines is 1. The number of H-pyrrole nitrogens is 1. The van der Waals surface area contributed by atoms with E-state index < -0.39 is 27.6 Å². The molecule has 12 heteroatoms. The van der Waals surface area contributed by atoms with Gasteiger partial charge < -0.3 is 19.6 Å². The normalized spacial score (nSPS) is 17.3. The number of rotatable bonds is 4. The van der Waals surface area contributed by atoms with Crippen LogP contribution < -0.4 is 4.74 Å². The minimum Gasteiger partial charge on any atom is -0.454 e. The zero-order chi connectivity index (χ0) is 31.6. The van der Waals surface area contributed by atoms with Crippen molar-refractivity contribution in [2.75, 3.05) is 24.7 Å². The Morgan fingerprint density at radius 3 is 2.78 bits per heavy atom. The maximum absolute atomic E-state index is 15.5. The van der Waals surface area contributed by atoms with Gasteiger partial charge in [-0.2, -0.15) is 5.10 Å². The van der Waals surface area contributed by atoms with Crippen LogP contribution in [0.1, 0.15) is 47.9 Å². The van der Waals surface area contributed by atoms with Crippen molar-refractivity contribution < 1.29 is 31.8 Å². The molecule has 45 heavy (non-hydrogen) atoms. The first-order valence-corrected chi connectivity index (χ1v) is 16.7. The smallest absolute Gasteiger partial charge is 0.184 e. The Kier molecular flexibility index (Phi) is 8.97. The van der Waals surface area contributed by atoms with E-state index in [1.807, 2.05) is 24.3 Å². The molecule has 0 saturated heterocycles. The number of nitrogens with zero attached hydrogens (tertiary/aromatic N) is 3.